The number of carbonyl (C=O) groups is 4. The van der Waals surface area contributed by atoms with Crippen molar-refractivity contribution < 1.29 is 38.1 Å². The molecule has 0 aliphatic heterocycles. The highest BCUT2D eigenvalue weighted by molar-refractivity contribution is 5.94. The van der Waals surface area contributed by atoms with E-state index in [4.69, 9.17) is 9.47 Å². The third kappa shape index (κ3) is 6.42. The van der Waals surface area contributed by atoms with Gasteiger partial charge in [0.2, 0.25) is 0 Å². The van der Waals surface area contributed by atoms with Crippen molar-refractivity contribution in [1.82, 2.24) is 4.98 Å². The van der Waals surface area contributed by atoms with E-state index in [0.717, 1.165) is 0 Å². The molecule has 0 saturated carbocycles. The van der Waals surface area contributed by atoms with Crippen LogP contribution in [0.15, 0.2) is 18.3 Å². The van der Waals surface area contributed by atoms with E-state index in [1.807, 2.05) is 0 Å². The summed E-state index contributed by atoms with van der Waals surface area (Å²) in [6, 6.07) is 2.55. The number of esters is 4. The molecule has 0 unspecified atom stereocenters. The topological polar surface area (TPSA) is 118 Å². The number of aromatic nitrogens is 1. The molecule has 9 nitrogen and oxygen atoms in total. The Hall–Kier alpha value is -2.97. The highest BCUT2D eigenvalue weighted by atomic mass is 16.6. The van der Waals surface area contributed by atoms with E-state index in [0.29, 0.717) is 0 Å². The largest absolute Gasteiger partial charge is 0.469 e. The maximum Gasteiger partial charge on any atom is 0.356 e. The molecule has 0 fully saturated rings. The summed E-state index contributed by atoms with van der Waals surface area (Å²) in [7, 11) is 2.45. The predicted molar refractivity (Wildman–Crippen MR) is 78.1 cm³/mol. The van der Waals surface area contributed by atoms with Crippen molar-refractivity contribution in [2.45, 2.75) is 12.8 Å². The van der Waals surface area contributed by atoms with Crippen molar-refractivity contribution in [3.8, 4) is 0 Å². The van der Waals surface area contributed by atoms with Gasteiger partial charge in [-0.15, -0.1) is 0 Å². The van der Waals surface area contributed by atoms with Crippen LogP contribution in [-0.4, -0.2) is 56.3 Å². The van der Waals surface area contributed by atoms with Crippen LogP contribution < -0.4 is 0 Å². The van der Waals surface area contributed by atoms with Gasteiger partial charge in [0.1, 0.15) is 18.9 Å². The van der Waals surface area contributed by atoms with Gasteiger partial charge < -0.3 is 18.9 Å². The molecule has 0 aromatic carbocycles. The number of ether oxygens (including phenoxy) is 4. The Morgan fingerprint density at radius 3 is 2.00 bits per heavy atom. The minimum Gasteiger partial charge on any atom is -0.469 e. The molecule has 0 amide bonds. The first-order valence-corrected chi connectivity index (χ1v) is 6.92. The van der Waals surface area contributed by atoms with Gasteiger partial charge in [0, 0.05) is 6.20 Å². The Labute approximate surface area is 137 Å². The molecule has 0 bridgehead atoms. The summed E-state index contributed by atoms with van der Waals surface area (Å²) >= 11 is 0. The second-order valence-corrected chi connectivity index (χ2v) is 4.35. The van der Waals surface area contributed by atoms with Crippen LogP contribution in [0.2, 0.25) is 0 Å². The fourth-order valence-corrected chi connectivity index (χ4v) is 1.48. The number of nitrogens with zero attached hydrogens (tertiary/aromatic N) is 1. The standard InChI is InChI=1S/C15H17NO8/c1-21-12(17)4-7-23-14(19)10-3-6-16-11(9-10)15(20)24-8-5-13(18)22-2/h3,6,9H,4-5,7-8H2,1-2H3. The highest BCUT2D eigenvalue weighted by Crippen LogP contribution is 2.06. The molecule has 0 N–H and O–H groups in total. The summed E-state index contributed by atoms with van der Waals surface area (Å²) in [6.07, 6.45) is 1.08. The van der Waals surface area contributed by atoms with E-state index >= 15 is 0 Å². The van der Waals surface area contributed by atoms with Crippen molar-refractivity contribution in [2.75, 3.05) is 27.4 Å². The van der Waals surface area contributed by atoms with E-state index in [1.54, 1.807) is 0 Å². The Morgan fingerprint density at radius 2 is 1.46 bits per heavy atom. The van der Waals surface area contributed by atoms with E-state index in [-0.39, 0.29) is 37.3 Å². The summed E-state index contributed by atoms with van der Waals surface area (Å²) in [5.74, 6) is -2.53. The molecule has 24 heavy (non-hydrogen) atoms. The number of rotatable bonds is 8. The minimum atomic E-state index is -0.789. The average molecular weight is 339 g/mol. The van der Waals surface area contributed by atoms with Crippen LogP contribution in [0.3, 0.4) is 0 Å². The summed E-state index contributed by atoms with van der Waals surface area (Å²) < 4.78 is 18.6. The van der Waals surface area contributed by atoms with Crippen LogP contribution in [-0.2, 0) is 28.5 Å². The minimum absolute atomic E-state index is 0.0737. The van der Waals surface area contributed by atoms with Gasteiger partial charge in [-0.25, -0.2) is 14.6 Å². The van der Waals surface area contributed by atoms with Crippen LogP contribution in [0, 0.1) is 0 Å². The third-order valence-electron chi connectivity index (χ3n) is 2.74. The fourth-order valence-electron chi connectivity index (χ4n) is 1.48. The third-order valence-corrected chi connectivity index (χ3v) is 2.74. The van der Waals surface area contributed by atoms with Gasteiger partial charge in [-0.3, -0.25) is 9.59 Å². The molecule has 130 valence electrons. The molecule has 0 atom stereocenters. The lowest BCUT2D eigenvalue weighted by atomic mass is 10.2. The smallest absolute Gasteiger partial charge is 0.356 e. The number of methoxy groups -OCH3 is 2. The Bertz CT molecular complexity index is 564. The molecule has 9 heteroatoms. The van der Waals surface area contributed by atoms with Crippen LogP contribution in [0.5, 0.6) is 0 Å². The SMILES string of the molecule is COC(=O)CCOC(=O)c1ccnc(C(=O)OCCC(=O)OC)c1. The van der Waals surface area contributed by atoms with Crippen molar-refractivity contribution >= 4 is 23.9 Å². The Kier molecular flexibility index (Phi) is 7.89. The fraction of sp³-hybridized carbons (Fsp3) is 0.400. The van der Waals surface area contributed by atoms with Crippen LogP contribution in [0.4, 0.5) is 0 Å². The molecule has 1 aromatic rings. The maximum atomic E-state index is 11.8. The van der Waals surface area contributed by atoms with E-state index < -0.39 is 23.9 Å². The average Bonchev–Trinajstić information content (AvgIpc) is 2.61. The van der Waals surface area contributed by atoms with Crippen molar-refractivity contribution in [2.24, 2.45) is 0 Å². The second-order valence-electron chi connectivity index (χ2n) is 4.35. The van der Waals surface area contributed by atoms with Crippen molar-refractivity contribution in [1.29, 1.82) is 0 Å². The van der Waals surface area contributed by atoms with Crippen molar-refractivity contribution in [3.05, 3.63) is 29.6 Å². The van der Waals surface area contributed by atoms with Gasteiger partial charge in [0.05, 0.1) is 32.6 Å². The first kappa shape index (κ1) is 19.1. The second kappa shape index (κ2) is 9.93. The van der Waals surface area contributed by atoms with E-state index in [2.05, 4.69) is 14.5 Å². The normalized spacial score (nSPS) is 9.75. The molecular weight excluding hydrogens is 322 g/mol. The highest BCUT2D eigenvalue weighted by Gasteiger charge is 2.15. The molecule has 1 heterocycles. The van der Waals surface area contributed by atoms with Gasteiger partial charge in [-0.1, -0.05) is 0 Å². The van der Waals surface area contributed by atoms with Crippen LogP contribution in [0.25, 0.3) is 0 Å². The van der Waals surface area contributed by atoms with Crippen molar-refractivity contribution in [3.63, 3.8) is 0 Å². The summed E-state index contributed by atoms with van der Waals surface area (Å²) in [4.78, 5) is 49.2. The quantitative estimate of drug-likeness (QED) is 0.493. The zero-order valence-electron chi connectivity index (χ0n) is 13.3. The Balaban J connectivity index is 2.55. The van der Waals surface area contributed by atoms with Gasteiger partial charge in [-0.05, 0) is 12.1 Å². The number of pyridine rings is 1. The monoisotopic (exact) mass is 339 g/mol. The van der Waals surface area contributed by atoms with Gasteiger partial charge in [0.25, 0.3) is 0 Å². The lowest BCUT2D eigenvalue weighted by molar-refractivity contribution is -0.142. The molecule has 0 saturated heterocycles. The number of carbonyl (C=O) groups excluding carboxylic acids is 4. The molecule has 1 aromatic heterocycles. The lowest BCUT2D eigenvalue weighted by Gasteiger charge is -2.06. The van der Waals surface area contributed by atoms with Gasteiger partial charge >= 0.3 is 23.9 Å². The molecule has 0 aliphatic carbocycles. The Morgan fingerprint density at radius 1 is 0.917 bits per heavy atom. The maximum absolute atomic E-state index is 11.8. The van der Waals surface area contributed by atoms with Crippen LogP contribution in [0.1, 0.15) is 33.7 Å². The number of hydrogen-bond acceptors (Lipinski definition) is 9. The first-order valence-electron chi connectivity index (χ1n) is 6.92. The molecule has 1 rings (SSSR count). The van der Waals surface area contributed by atoms with Gasteiger partial charge in [-0.2, -0.15) is 0 Å². The van der Waals surface area contributed by atoms with E-state index in [1.165, 1.54) is 32.5 Å². The summed E-state index contributed by atoms with van der Waals surface area (Å²) in [5, 5.41) is 0. The zero-order chi connectivity index (χ0) is 17.9. The first-order chi connectivity index (χ1) is 11.5. The molecule has 0 aliphatic rings. The van der Waals surface area contributed by atoms with Gasteiger partial charge in [0.15, 0.2) is 0 Å². The summed E-state index contributed by atoms with van der Waals surface area (Å²) in [6.45, 7) is -0.312. The molecule has 0 radical (unpaired) electrons. The molecule has 0 spiro atoms. The lowest BCUT2D eigenvalue weighted by Crippen LogP contribution is -2.14. The zero-order valence-corrected chi connectivity index (χ0v) is 13.3. The predicted octanol–water partition coefficient (Wildman–Crippen LogP) is 0.521. The van der Waals surface area contributed by atoms with Crippen LogP contribution >= 0.6 is 0 Å². The summed E-state index contributed by atoms with van der Waals surface area (Å²) in [5.41, 5.74) is -0.0305. The van der Waals surface area contributed by atoms with E-state index in [9.17, 15) is 19.2 Å². The molecular formula is C15H17NO8. The number of hydrogen-bond donors (Lipinski definition) is 0.